The normalized spacial score (nSPS) is 23.1. The molecule has 1 heterocycles. The molecule has 1 aliphatic heterocycles. The van der Waals surface area contributed by atoms with E-state index in [0.29, 0.717) is 4.90 Å². The second-order valence-corrected chi connectivity index (χ2v) is 6.37. The van der Waals surface area contributed by atoms with Crippen molar-refractivity contribution in [3.8, 4) is 0 Å². The SMILES string of the molecule is CCC1(C)OB(c2ccc(C(=O)N(CF)CF)cc2)OC1(C)C. The van der Waals surface area contributed by atoms with Gasteiger partial charge in [0.2, 0.25) is 0 Å². The average Bonchev–Trinajstić information content (AvgIpc) is 2.79. The standard InChI is InChI=1S/C16H22BF2NO3/c1-5-16(4)15(2,3)22-17(23-16)13-8-6-12(7-9-13)14(21)20(10-18)11-19/h6-9H,5,10-11H2,1-4H3. The Balaban J connectivity index is 2.17. The number of benzene rings is 1. The third kappa shape index (κ3) is 3.26. The van der Waals surface area contributed by atoms with Crippen LogP contribution in [0.15, 0.2) is 24.3 Å². The first kappa shape index (κ1) is 17.9. The van der Waals surface area contributed by atoms with Crippen molar-refractivity contribution in [2.75, 3.05) is 13.6 Å². The molecule has 0 aromatic heterocycles. The molecule has 4 nitrogen and oxygen atoms in total. The molecule has 0 aliphatic carbocycles. The van der Waals surface area contributed by atoms with Gasteiger partial charge in [-0.05, 0) is 44.8 Å². The summed E-state index contributed by atoms with van der Waals surface area (Å²) >= 11 is 0. The summed E-state index contributed by atoms with van der Waals surface area (Å²) in [5, 5.41) is 0. The van der Waals surface area contributed by atoms with Crippen molar-refractivity contribution >= 4 is 18.5 Å². The summed E-state index contributed by atoms with van der Waals surface area (Å²) in [5.74, 6) is -0.687. The number of nitrogens with zero attached hydrogens (tertiary/aromatic N) is 1. The minimum absolute atomic E-state index is 0.222. The van der Waals surface area contributed by atoms with Gasteiger partial charge in [-0.2, -0.15) is 0 Å². The maximum absolute atomic E-state index is 12.6. The number of halogens is 2. The van der Waals surface area contributed by atoms with Crippen molar-refractivity contribution in [3.05, 3.63) is 29.8 Å². The molecule has 1 aromatic rings. The Morgan fingerprint density at radius 2 is 1.70 bits per heavy atom. The Bertz CT molecular complexity index is 563. The first-order chi connectivity index (χ1) is 10.8. The fourth-order valence-electron chi connectivity index (χ4n) is 2.55. The van der Waals surface area contributed by atoms with Crippen LogP contribution in [0.2, 0.25) is 0 Å². The summed E-state index contributed by atoms with van der Waals surface area (Å²) in [6.07, 6.45) is 0.801. The average molecular weight is 325 g/mol. The van der Waals surface area contributed by atoms with Crippen molar-refractivity contribution in [3.63, 3.8) is 0 Å². The first-order valence-electron chi connectivity index (χ1n) is 7.65. The van der Waals surface area contributed by atoms with Gasteiger partial charge in [-0.1, -0.05) is 19.1 Å². The van der Waals surface area contributed by atoms with E-state index in [1.165, 1.54) is 12.1 Å². The molecule has 23 heavy (non-hydrogen) atoms. The molecular formula is C16H22BF2NO3. The molecule has 1 aromatic carbocycles. The van der Waals surface area contributed by atoms with E-state index in [1.54, 1.807) is 12.1 Å². The third-order valence-electron chi connectivity index (χ3n) is 4.72. The molecule has 1 unspecified atom stereocenters. The Morgan fingerprint density at radius 3 is 2.13 bits per heavy atom. The smallest absolute Gasteiger partial charge is 0.399 e. The molecular weight excluding hydrogens is 303 g/mol. The minimum atomic E-state index is -1.16. The van der Waals surface area contributed by atoms with Gasteiger partial charge in [0.1, 0.15) is 0 Å². The van der Waals surface area contributed by atoms with E-state index in [2.05, 4.69) is 0 Å². The number of rotatable bonds is 5. The van der Waals surface area contributed by atoms with Gasteiger partial charge in [-0.25, -0.2) is 8.78 Å². The van der Waals surface area contributed by atoms with E-state index in [1.807, 2.05) is 27.7 Å². The highest BCUT2D eigenvalue weighted by molar-refractivity contribution is 6.62. The second kappa shape index (κ2) is 6.57. The van der Waals surface area contributed by atoms with Gasteiger partial charge >= 0.3 is 7.12 Å². The van der Waals surface area contributed by atoms with Crippen LogP contribution in [0.5, 0.6) is 0 Å². The van der Waals surface area contributed by atoms with Crippen molar-refractivity contribution in [1.29, 1.82) is 0 Å². The number of hydrogen-bond acceptors (Lipinski definition) is 3. The van der Waals surface area contributed by atoms with Crippen LogP contribution < -0.4 is 5.46 Å². The molecule has 7 heteroatoms. The van der Waals surface area contributed by atoms with Gasteiger partial charge < -0.3 is 9.31 Å². The Hall–Kier alpha value is -1.47. The van der Waals surface area contributed by atoms with Crippen LogP contribution in [0.4, 0.5) is 8.78 Å². The van der Waals surface area contributed by atoms with Gasteiger partial charge in [0.25, 0.3) is 5.91 Å². The molecule has 1 fully saturated rings. The maximum atomic E-state index is 12.6. The lowest BCUT2D eigenvalue weighted by atomic mass is 9.79. The summed E-state index contributed by atoms with van der Waals surface area (Å²) in [4.78, 5) is 12.4. The van der Waals surface area contributed by atoms with Crippen molar-refractivity contribution in [1.82, 2.24) is 4.90 Å². The molecule has 1 atom stereocenters. The largest absolute Gasteiger partial charge is 0.494 e. The molecule has 0 spiro atoms. The van der Waals surface area contributed by atoms with E-state index < -0.39 is 37.8 Å². The molecule has 0 saturated carbocycles. The molecule has 2 rings (SSSR count). The van der Waals surface area contributed by atoms with E-state index >= 15 is 0 Å². The van der Waals surface area contributed by atoms with Gasteiger partial charge in [0, 0.05) is 5.56 Å². The summed E-state index contributed by atoms with van der Waals surface area (Å²) in [7, 11) is -0.530. The predicted octanol–water partition coefficient (Wildman–Crippen LogP) is 2.67. The van der Waals surface area contributed by atoms with E-state index in [4.69, 9.17) is 9.31 Å². The lowest BCUT2D eigenvalue weighted by Gasteiger charge is -2.35. The van der Waals surface area contributed by atoms with Gasteiger partial charge in [0.05, 0.1) is 11.2 Å². The zero-order chi connectivity index (χ0) is 17.3. The minimum Gasteiger partial charge on any atom is -0.399 e. The zero-order valence-electron chi connectivity index (χ0n) is 13.9. The highest BCUT2D eigenvalue weighted by Crippen LogP contribution is 2.39. The fraction of sp³-hybridized carbons (Fsp3) is 0.562. The van der Waals surface area contributed by atoms with Crippen molar-refractivity contribution in [2.45, 2.75) is 45.3 Å². The zero-order valence-corrected chi connectivity index (χ0v) is 13.9. The highest BCUT2D eigenvalue weighted by Gasteiger charge is 2.53. The quantitative estimate of drug-likeness (QED) is 0.617. The van der Waals surface area contributed by atoms with Crippen LogP contribution in [0.25, 0.3) is 0 Å². The Kier molecular flexibility index (Phi) is 5.11. The first-order valence-corrected chi connectivity index (χ1v) is 7.65. The highest BCUT2D eigenvalue weighted by atomic mass is 19.1. The van der Waals surface area contributed by atoms with E-state index in [0.717, 1.165) is 11.9 Å². The number of carbonyl (C=O) groups excluding carboxylic acids is 1. The maximum Gasteiger partial charge on any atom is 0.494 e. The second-order valence-electron chi connectivity index (χ2n) is 6.37. The number of alkyl halides is 2. The molecule has 1 amide bonds. The van der Waals surface area contributed by atoms with Crippen LogP contribution in [-0.4, -0.2) is 42.7 Å². The molecule has 1 aliphatic rings. The fourth-order valence-corrected chi connectivity index (χ4v) is 2.55. The predicted molar refractivity (Wildman–Crippen MR) is 84.9 cm³/mol. The van der Waals surface area contributed by atoms with Gasteiger partial charge in [-0.3, -0.25) is 9.69 Å². The van der Waals surface area contributed by atoms with Gasteiger partial charge in [0.15, 0.2) is 13.6 Å². The molecule has 0 bridgehead atoms. The summed E-state index contributed by atoms with van der Waals surface area (Å²) < 4.78 is 37.2. The monoisotopic (exact) mass is 325 g/mol. The summed E-state index contributed by atoms with van der Waals surface area (Å²) in [6.45, 7) is 5.69. The lowest BCUT2D eigenvalue weighted by Crippen LogP contribution is -2.44. The molecule has 126 valence electrons. The summed E-state index contributed by atoms with van der Waals surface area (Å²) in [6, 6.07) is 6.42. The number of carbonyl (C=O) groups is 1. The molecule has 1 saturated heterocycles. The summed E-state index contributed by atoms with van der Waals surface area (Å²) in [5.41, 5.74) is 0.129. The van der Waals surface area contributed by atoms with Crippen molar-refractivity contribution in [2.24, 2.45) is 0 Å². The van der Waals surface area contributed by atoms with Crippen LogP contribution in [0.3, 0.4) is 0 Å². The number of hydrogen-bond donors (Lipinski definition) is 0. The Morgan fingerprint density at radius 1 is 1.13 bits per heavy atom. The third-order valence-corrected chi connectivity index (χ3v) is 4.72. The van der Waals surface area contributed by atoms with Crippen LogP contribution in [0.1, 0.15) is 44.5 Å². The van der Waals surface area contributed by atoms with E-state index in [9.17, 15) is 13.6 Å². The Labute approximate surface area is 135 Å². The molecule has 0 N–H and O–H groups in total. The van der Waals surface area contributed by atoms with Crippen molar-refractivity contribution < 1.29 is 22.9 Å². The van der Waals surface area contributed by atoms with Crippen LogP contribution in [0, 0.1) is 0 Å². The van der Waals surface area contributed by atoms with Gasteiger partial charge in [-0.15, -0.1) is 0 Å². The van der Waals surface area contributed by atoms with Crippen LogP contribution >= 0.6 is 0 Å². The lowest BCUT2D eigenvalue weighted by molar-refractivity contribution is -0.0118. The topological polar surface area (TPSA) is 38.8 Å². The van der Waals surface area contributed by atoms with E-state index in [-0.39, 0.29) is 5.56 Å². The number of amides is 1. The molecule has 0 radical (unpaired) electrons. The van der Waals surface area contributed by atoms with Crippen LogP contribution in [-0.2, 0) is 9.31 Å².